The zero-order valence-corrected chi connectivity index (χ0v) is 18.6. The SMILES string of the molecule is C[C@H](Nc1ncnc2nc[nH]c12)c1cc2ccc(F)cc2nc1-c1cccc(S(C)(=O)=O)c1. The maximum atomic E-state index is 13.9. The Morgan fingerprint density at radius 3 is 2.73 bits per heavy atom. The van der Waals surface area contributed by atoms with E-state index in [4.69, 9.17) is 4.98 Å². The molecule has 5 rings (SSSR count). The summed E-state index contributed by atoms with van der Waals surface area (Å²) in [4.78, 5) is 20.5. The van der Waals surface area contributed by atoms with Gasteiger partial charge in [-0.2, -0.15) is 0 Å². The number of benzene rings is 2. The van der Waals surface area contributed by atoms with Gasteiger partial charge in [-0.25, -0.2) is 32.7 Å². The van der Waals surface area contributed by atoms with Gasteiger partial charge in [0.15, 0.2) is 21.3 Å². The van der Waals surface area contributed by atoms with Crippen LogP contribution in [0.2, 0.25) is 0 Å². The molecule has 0 saturated carbocycles. The van der Waals surface area contributed by atoms with Gasteiger partial charge in [-0.05, 0) is 37.3 Å². The monoisotopic (exact) mass is 462 g/mol. The Kier molecular flexibility index (Phi) is 5.01. The van der Waals surface area contributed by atoms with Crippen molar-refractivity contribution in [3.8, 4) is 11.3 Å². The second kappa shape index (κ2) is 7.89. The van der Waals surface area contributed by atoms with Crippen LogP contribution in [0.15, 0.2) is 66.1 Å². The van der Waals surface area contributed by atoms with E-state index in [9.17, 15) is 12.8 Å². The fourth-order valence-corrected chi connectivity index (χ4v) is 4.42. The molecule has 0 bridgehead atoms. The van der Waals surface area contributed by atoms with Crippen LogP contribution in [0.1, 0.15) is 18.5 Å². The first-order valence-corrected chi connectivity index (χ1v) is 12.0. The van der Waals surface area contributed by atoms with E-state index in [-0.39, 0.29) is 10.9 Å². The third-order valence-electron chi connectivity index (χ3n) is 5.39. The number of halogens is 1. The Labute approximate surface area is 188 Å². The summed E-state index contributed by atoms with van der Waals surface area (Å²) in [6, 6.07) is 12.6. The quantitative estimate of drug-likeness (QED) is 0.401. The highest BCUT2D eigenvalue weighted by atomic mass is 32.2. The lowest BCUT2D eigenvalue weighted by Gasteiger charge is -2.19. The first-order chi connectivity index (χ1) is 15.8. The fraction of sp³-hybridized carbons (Fsp3) is 0.130. The van der Waals surface area contributed by atoms with E-state index in [1.54, 1.807) is 30.6 Å². The number of pyridine rings is 1. The van der Waals surface area contributed by atoms with Gasteiger partial charge in [0.25, 0.3) is 0 Å². The smallest absolute Gasteiger partial charge is 0.182 e. The molecule has 0 fully saturated rings. The van der Waals surface area contributed by atoms with Gasteiger partial charge in [0.05, 0.1) is 28.5 Å². The number of anilines is 1. The highest BCUT2D eigenvalue weighted by molar-refractivity contribution is 7.90. The molecule has 1 atom stereocenters. The Hall–Kier alpha value is -3.92. The van der Waals surface area contributed by atoms with Crippen LogP contribution in [0.3, 0.4) is 0 Å². The molecule has 2 N–H and O–H groups in total. The molecule has 0 spiro atoms. The van der Waals surface area contributed by atoms with Crippen LogP contribution in [0.4, 0.5) is 10.2 Å². The number of H-pyrrole nitrogens is 1. The van der Waals surface area contributed by atoms with Gasteiger partial charge < -0.3 is 10.3 Å². The summed E-state index contributed by atoms with van der Waals surface area (Å²) < 4.78 is 38.2. The largest absolute Gasteiger partial charge is 0.362 e. The maximum absolute atomic E-state index is 13.9. The average Bonchev–Trinajstić information content (AvgIpc) is 3.27. The van der Waals surface area contributed by atoms with Crippen molar-refractivity contribution in [2.24, 2.45) is 0 Å². The van der Waals surface area contributed by atoms with E-state index in [2.05, 4.69) is 25.3 Å². The summed E-state index contributed by atoms with van der Waals surface area (Å²) in [5.41, 5.74) is 3.64. The third kappa shape index (κ3) is 4.00. The number of hydrogen-bond donors (Lipinski definition) is 2. The molecule has 8 nitrogen and oxygen atoms in total. The van der Waals surface area contributed by atoms with Crippen LogP contribution in [0, 0.1) is 5.82 Å². The summed E-state index contributed by atoms with van der Waals surface area (Å²) in [7, 11) is -3.41. The summed E-state index contributed by atoms with van der Waals surface area (Å²) in [6.07, 6.45) is 4.13. The predicted molar refractivity (Wildman–Crippen MR) is 124 cm³/mol. The number of sulfone groups is 1. The van der Waals surface area contributed by atoms with Crippen molar-refractivity contribution in [3.63, 3.8) is 0 Å². The van der Waals surface area contributed by atoms with Gasteiger partial charge in [-0.1, -0.05) is 12.1 Å². The molecule has 0 amide bonds. The van der Waals surface area contributed by atoms with E-state index in [1.165, 1.54) is 24.5 Å². The van der Waals surface area contributed by atoms with E-state index >= 15 is 0 Å². The van der Waals surface area contributed by atoms with Crippen molar-refractivity contribution >= 4 is 37.7 Å². The molecule has 0 aliphatic carbocycles. The van der Waals surface area contributed by atoms with Gasteiger partial charge in [-0.15, -0.1) is 0 Å². The lowest BCUT2D eigenvalue weighted by molar-refractivity contribution is 0.602. The maximum Gasteiger partial charge on any atom is 0.182 e. The summed E-state index contributed by atoms with van der Waals surface area (Å²) in [5, 5.41) is 4.13. The van der Waals surface area contributed by atoms with Crippen molar-refractivity contribution in [2.45, 2.75) is 17.9 Å². The summed E-state index contributed by atoms with van der Waals surface area (Å²) >= 11 is 0. The van der Waals surface area contributed by atoms with Gasteiger partial charge in [0.1, 0.15) is 17.7 Å². The zero-order valence-electron chi connectivity index (χ0n) is 17.7. The number of rotatable bonds is 5. The molecule has 3 aromatic heterocycles. The van der Waals surface area contributed by atoms with E-state index in [0.29, 0.717) is 33.8 Å². The second-order valence-corrected chi connectivity index (χ2v) is 9.77. The predicted octanol–water partition coefficient (Wildman–Crippen LogP) is 4.28. The molecule has 5 aromatic rings. The Balaban J connectivity index is 1.67. The molecule has 0 aliphatic heterocycles. The molecule has 10 heteroatoms. The van der Waals surface area contributed by atoms with Gasteiger partial charge in [-0.3, -0.25) is 0 Å². The number of hydrogen-bond acceptors (Lipinski definition) is 7. The van der Waals surface area contributed by atoms with Crippen molar-refractivity contribution in [2.75, 3.05) is 11.6 Å². The molecule has 0 unspecified atom stereocenters. The third-order valence-corrected chi connectivity index (χ3v) is 6.50. The molecule has 0 aliphatic rings. The van der Waals surface area contributed by atoms with Crippen LogP contribution in [-0.4, -0.2) is 39.6 Å². The number of imidazole rings is 1. The molecule has 0 saturated heterocycles. The molecule has 0 radical (unpaired) electrons. The van der Waals surface area contributed by atoms with Crippen LogP contribution < -0.4 is 5.32 Å². The fourth-order valence-electron chi connectivity index (χ4n) is 3.75. The topological polar surface area (TPSA) is 114 Å². The van der Waals surface area contributed by atoms with Crippen molar-refractivity contribution in [1.82, 2.24) is 24.9 Å². The van der Waals surface area contributed by atoms with E-state index in [0.717, 1.165) is 17.2 Å². The molecule has 166 valence electrons. The number of nitrogens with zero attached hydrogens (tertiary/aromatic N) is 4. The highest BCUT2D eigenvalue weighted by Gasteiger charge is 2.19. The molecule has 3 heterocycles. The van der Waals surface area contributed by atoms with Crippen molar-refractivity contribution in [3.05, 3.63) is 72.6 Å². The number of fused-ring (bicyclic) bond motifs is 2. The standard InChI is InChI=1S/C23H19FN6O2S/c1-13(29-23-21-22(26-11-25-21)27-12-28-23)18-9-14-6-7-16(24)10-19(14)30-20(18)15-4-3-5-17(8-15)33(2,31)32/h3-13H,1-2H3,(H2,25,26,27,28,29)/t13-/m0/s1. The van der Waals surface area contributed by atoms with E-state index < -0.39 is 15.7 Å². The highest BCUT2D eigenvalue weighted by Crippen LogP contribution is 2.33. The van der Waals surface area contributed by atoms with Gasteiger partial charge >= 0.3 is 0 Å². The normalized spacial score (nSPS) is 12.8. The van der Waals surface area contributed by atoms with E-state index in [1.807, 2.05) is 13.0 Å². The summed E-state index contributed by atoms with van der Waals surface area (Å²) in [6.45, 7) is 1.95. The van der Waals surface area contributed by atoms with Crippen LogP contribution >= 0.6 is 0 Å². The molecular formula is C23H19FN6O2S. The molecular weight excluding hydrogens is 443 g/mol. The van der Waals surface area contributed by atoms with Crippen molar-refractivity contribution < 1.29 is 12.8 Å². The lowest BCUT2D eigenvalue weighted by Crippen LogP contribution is -2.11. The van der Waals surface area contributed by atoms with Gasteiger partial charge in [0, 0.05) is 28.8 Å². The van der Waals surface area contributed by atoms with Crippen molar-refractivity contribution in [1.29, 1.82) is 0 Å². The van der Waals surface area contributed by atoms with Gasteiger partial charge in [0.2, 0.25) is 0 Å². The van der Waals surface area contributed by atoms with Crippen LogP contribution in [0.25, 0.3) is 33.3 Å². The number of aromatic nitrogens is 5. The summed E-state index contributed by atoms with van der Waals surface area (Å²) in [5.74, 6) is 0.174. The molecule has 2 aromatic carbocycles. The Morgan fingerprint density at radius 1 is 1.06 bits per heavy atom. The lowest BCUT2D eigenvalue weighted by atomic mass is 9.98. The first kappa shape index (κ1) is 21.0. The zero-order chi connectivity index (χ0) is 23.2. The number of nitrogens with one attached hydrogen (secondary N) is 2. The number of aromatic amines is 1. The second-order valence-electron chi connectivity index (χ2n) is 7.75. The minimum Gasteiger partial charge on any atom is -0.362 e. The average molecular weight is 463 g/mol. The minimum atomic E-state index is -3.41. The molecule has 33 heavy (non-hydrogen) atoms. The Morgan fingerprint density at radius 2 is 1.91 bits per heavy atom. The van der Waals surface area contributed by atoms with Crippen LogP contribution in [-0.2, 0) is 9.84 Å². The Bertz CT molecular complexity index is 1620. The minimum absolute atomic E-state index is 0.183. The van der Waals surface area contributed by atoms with Crippen LogP contribution in [0.5, 0.6) is 0 Å². The first-order valence-electron chi connectivity index (χ1n) is 10.1.